The SMILES string of the molecule is COc1c(N)cccc1C(=O)NC1C(C)(C)C1(C)C. The van der Waals surface area contributed by atoms with Crippen molar-refractivity contribution in [3.05, 3.63) is 23.8 Å². The summed E-state index contributed by atoms with van der Waals surface area (Å²) in [5, 5.41) is 3.08. The van der Waals surface area contributed by atoms with Gasteiger partial charge in [0.2, 0.25) is 0 Å². The van der Waals surface area contributed by atoms with Gasteiger partial charge in [-0.1, -0.05) is 33.8 Å². The van der Waals surface area contributed by atoms with Crippen molar-refractivity contribution < 1.29 is 9.53 Å². The lowest BCUT2D eigenvalue weighted by Crippen LogP contribution is -2.30. The van der Waals surface area contributed by atoms with Gasteiger partial charge in [0.15, 0.2) is 5.75 Å². The monoisotopic (exact) mass is 262 g/mol. The normalized spacial score (nSPS) is 19.8. The van der Waals surface area contributed by atoms with E-state index in [9.17, 15) is 4.79 Å². The predicted octanol–water partition coefficient (Wildman–Crippen LogP) is 2.44. The van der Waals surface area contributed by atoms with E-state index < -0.39 is 0 Å². The van der Waals surface area contributed by atoms with Crippen LogP contribution in [0.1, 0.15) is 38.1 Å². The smallest absolute Gasteiger partial charge is 0.255 e. The second kappa shape index (κ2) is 4.15. The fourth-order valence-corrected chi connectivity index (χ4v) is 2.73. The number of amides is 1. The van der Waals surface area contributed by atoms with Crippen molar-refractivity contribution >= 4 is 11.6 Å². The zero-order chi connectivity index (χ0) is 14.4. The zero-order valence-electron chi connectivity index (χ0n) is 12.2. The Balaban J connectivity index is 2.21. The highest BCUT2D eigenvalue weighted by Crippen LogP contribution is 2.62. The Hall–Kier alpha value is -1.71. The number of nitrogens with one attached hydrogen (secondary N) is 1. The first-order chi connectivity index (χ1) is 8.73. The molecule has 0 spiro atoms. The van der Waals surface area contributed by atoms with Gasteiger partial charge in [0.1, 0.15) is 0 Å². The van der Waals surface area contributed by atoms with E-state index in [4.69, 9.17) is 10.5 Å². The molecule has 2 rings (SSSR count). The van der Waals surface area contributed by atoms with Crippen LogP contribution < -0.4 is 15.8 Å². The number of anilines is 1. The maximum atomic E-state index is 12.4. The van der Waals surface area contributed by atoms with Crippen molar-refractivity contribution in [3.8, 4) is 5.75 Å². The minimum Gasteiger partial charge on any atom is -0.494 e. The van der Waals surface area contributed by atoms with E-state index in [1.807, 2.05) is 0 Å². The fourth-order valence-electron chi connectivity index (χ4n) is 2.73. The largest absolute Gasteiger partial charge is 0.494 e. The first-order valence-corrected chi connectivity index (χ1v) is 6.47. The molecule has 1 amide bonds. The number of para-hydroxylation sites is 1. The van der Waals surface area contributed by atoms with Gasteiger partial charge in [-0.05, 0) is 23.0 Å². The van der Waals surface area contributed by atoms with Crippen LogP contribution in [0.4, 0.5) is 5.69 Å². The lowest BCUT2D eigenvalue weighted by molar-refractivity contribution is 0.0940. The van der Waals surface area contributed by atoms with Crippen LogP contribution >= 0.6 is 0 Å². The molecule has 0 saturated heterocycles. The van der Waals surface area contributed by atoms with Crippen LogP contribution in [-0.4, -0.2) is 19.1 Å². The van der Waals surface area contributed by atoms with Gasteiger partial charge < -0.3 is 15.8 Å². The minimum atomic E-state index is -0.132. The number of benzene rings is 1. The maximum Gasteiger partial charge on any atom is 0.255 e. The van der Waals surface area contributed by atoms with Gasteiger partial charge in [-0.3, -0.25) is 4.79 Å². The summed E-state index contributed by atoms with van der Waals surface area (Å²) in [7, 11) is 1.52. The molecule has 3 N–H and O–H groups in total. The summed E-state index contributed by atoms with van der Waals surface area (Å²) in [6.07, 6.45) is 0. The van der Waals surface area contributed by atoms with Crippen molar-refractivity contribution in [1.29, 1.82) is 0 Å². The standard InChI is InChI=1S/C15H22N2O2/c1-14(2)13(15(14,3)4)17-12(18)9-7-6-8-10(16)11(9)19-5/h6-8,13H,16H2,1-5H3,(H,17,18). The number of ether oxygens (including phenoxy) is 1. The second-order valence-electron chi connectivity index (χ2n) is 6.28. The van der Waals surface area contributed by atoms with E-state index in [1.54, 1.807) is 18.2 Å². The van der Waals surface area contributed by atoms with Crippen molar-refractivity contribution in [2.45, 2.75) is 33.7 Å². The molecule has 0 bridgehead atoms. The Morgan fingerprint density at radius 2 is 1.84 bits per heavy atom. The Morgan fingerprint density at radius 1 is 1.26 bits per heavy atom. The molecule has 1 aromatic carbocycles. The Bertz CT molecular complexity index is 507. The first-order valence-electron chi connectivity index (χ1n) is 6.47. The molecule has 0 radical (unpaired) electrons. The molecule has 104 valence electrons. The third kappa shape index (κ3) is 1.95. The summed E-state index contributed by atoms with van der Waals surface area (Å²) in [5.74, 6) is 0.309. The number of methoxy groups -OCH3 is 1. The average Bonchev–Trinajstić information content (AvgIpc) is 2.71. The van der Waals surface area contributed by atoms with Crippen LogP contribution in [0.2, 0.25) is 0 Å². The lowest BCUT2D eigenvalue weighted by Gasteiger charge is -2.12. The molecule has 4 nitrogen and oxygen atoms in total. The molecule has 1 fully saturated rings. The number of nitrogens with two attached hydrogens (primary N) is 1. The zero-order valence-corrected chi connectivity index (χ0v) is 12.2. The van der Waals surface area contributed by atoms with E-state index in [0.717, 1.165) is 0 Å². The highest BCUT2D eigenvalue weighted by Gasteiger charge is 2.65. The fraction of sp³-hybridized carbons (Fsp3) is 0.533. The molecule has 0 heterocycles. The molecule has 19 heavy (non-hydrogen) atoms. The minimum absolute atomic E-state index is 0.107. The highest BCUT2D eigenvalue weighted by molar-refractivity contribution is 5.99. The van der Waals surface area contributed by atoms with E-state index >= 15 is 0 Å². The van der Waals surface area contributed by atoms with Crippen molar-refractivity contribution in [2.75, 3.05) is 12.8 Å². The average molecular weight is 262 g/mol. The molecule has 1 saturated carbocycles. The number of carbonyl (C=O) groups is 1. The van der Waals surface area contributed by atoms with Crippen LogP contribution in [0.25, 0.3) is 0 Å². The van der Waals surface area contributed by atoms with Gasteiger partial charge in [-0.25, -0.2) is 0 Å². The van der Waals surface area contributed by atoms with Crippen LogP contribution in [0.15, 0.2) is 18.2 Å². The molecule has 1 aromatic rings. The molecular formula is C15H22N2O2. The quantitative estimate of drug-likeness (QED) is 0.822. The van der Waals surface area contributed by atoms with Gasteiger partial charge in [-0.15, -0.1) is 0 Å². The van der Waals surface area contributed by atoms with Crippen LogP contribution in [-0.2, 0) is 0 Å². The van der Waals surface area contributed by atoms with Gasteiger partial charge in [-0.2, -0.15) is 0 Å². The third-order valence-corrected chi connectivity index (χ3v) is 4.79. The van der Waals surface area contributed by atoms with Crippen molar-refractivity contribution in [1.82, 2.24) is 5.32 Å². The topological polar surface area (TPSA) is 64.3 Å². The van der Waals surface area contributed by atoms with E-state index in [0.29, 0.717) is 17.0 Å². The molecule has 0 aliphatic heterocycles. The lowest BCUT2D eigenvalue weighted by atomic mass is 10.0. The predicted molar refractivity (Wildman–Crippen MR) is 76.2 cm³/mol. The Labute approximate surface area is 114 Å². The molecule has 4 heteroatoms. The van der Waals surface area contributed by atoms with Gasteiger partial charge in [0, 0.05) is 6.04 Å². The first kappa shape index (κ1) is 13.7. The molecule has 0 atom stereocenters. The number of hydrogen-bond donors (Lipinski definition) is 2. The summed E-state index contributed by atoms with van der Waals surface area (Å²) in [5.41, 5.74) is 7.00. The molecule has 0 aromatic heterocycles. The molecule has 1 aliphatic carbocycles. The second-order valence-corrected chi connectivity index (χ2v) is 6.28. The van der Waals surface area contributed by atoms with Gasteiger partial charge >= 0.3 is 0 Å². The summed E-state index contributed by atoms with van der Waals surface area (Å²) < 4.78 is 5.22. The number of carbonyl (C=O) groups excluding carboxylic acids is 1. The maximum absolute atomic E-state index is 12.4. The Morgan fingerprint density at radius 3 is 2.32 bits per heavy atom. The number of rotatable bonds is 3. The number of nitrogen functional groups attached to an aromatic ring is 1. The summed E-state index contributed by atoms with van der Waals surface area (Å²) in [4.78, 5) is 12.4. The van der Waals surface area contributed by atoms with E-state index in [1.165, 1.54) is 7.11 Å². The third-order valence-electron chi connectivity index (χ3n) is 4.79. The Kier molecular flexibility index (Phi) is 3.00. The van der Waals surface area contributed by atoms with E-state index in [-0.39, 0.29) is 22.8 Å². The number of hydrogen-bond acceptors (Lipinski definition) is 3. The van der Waals surface area contributed by atoms with Crippen molar-refractivity contribution in [3.63, 3.8) is 0 Å². The molecule has 1 aliphatic rings. The van der Waals surface area contributed by atoms with Crippen LogP contribution in [0, 0.1) is 10.8 Å². The van der Waals surface area contributed by atoms with Crippen LogP contribution in [0.3, 0.4) is 0 Å². The molecule has 0 unspecified atom stereocenters. The highest BCUT2D eigenvalue weighted by atomic mass is 16.5. The summed E-state index contributed by atoms with van der Waals surface area (Å²) in [6, 6.07) is 5.38. The van der Waals surface area contributed by atoms with E-state index in [2.05, 4.69) is 33.0 Å². The molecular weight excluding hydrogens is 240 g/mol. The van der Waals surface area contributed by atoms with Crippen molar-refractivity contribution in [2.24, 2.45) is 10.8 Å². The van der Waals surface area contributed by atoms with Gasteiger partial charge in [0.25, 0.3) is 5.91 Å². The summed E-state index contributed by atoms with van der Waals surface area (Å²) in [6.45, 7) is 8.64. The van der Waals surface area contributed by atoms with Gasteiger partial charge in [0.05, 0.1) is 18.4 Å². The van der Waals surface area contributed by atoms with Crippen LogP contribution in [0.5, 0.6) is 5.75 Å². The summed E-state index contributed by atoms with van der Waals surface area (Å²) >= 11 is 0.